The molecule has 24 heteroatoms. The molecule has 1 N–H and O–H groups in total. The van der Waals surface area contributed by atoms with Crippen LogP contribution in [0.5, 0.6) is 0 Å². The maximum absolute atomic E-state index is 13.6. The molecule has 0 unspecified atom stereocenters. The molecule has 0 bridgehead atoms. The minimum atomic E-state index is -5.43. The Morgan fingerprint density at radius 1 is 0.836 bits per heavy atom. The first-order valence-corrected chi connectivity index (χ1v) is 28.5. The second kappa shape index (κ2) is 24.4. The first-order chi connectivity index (χ1) is 31.5. The van der Waals surface area contributed by atoms with E-state index in [1.165, 1.54) is 14.0 Å². The van der Waals surface area contributed by atoms with Gasteiger partial charge in [0.05, 0.1) is 20.1 Å². The van der Waals surface area contributed by atoms with Gasteiger partial charge in [-0.3, -0.25) is 14.1 Å². The van der Waals surface area contributed by atoms with Crippen molar-refractivity contribution >= 4 is 60.9 Å². The molecule has 2 saturated heterocycles. The molecular formula is C43H63N3O18SSi2. The molecule has 372 valence electrons. The van der Waals surface area contributed by atoms with Gasteiger partial charge in [0.25, 0.3) is 8.32 Å². The Morgan fingerprint density at radius 2 is 1.45 bits per heavy atom. The second-order valence-corrected chi connectivity index (χ2v) is 29.2. The zero-order valence-electron chi connectivity index (χ0n) is 39.4. The standard InChI is InChI=1S/C43H63N3O18SSi2/c1-27(47)21-22-32(49)61-35-33(45-46-44)41(62-37-36(57-26-56-23-24-66(8,9)10)39(59-28(2)48)42(55-7)63-38(37)40(50)54-6)60-31(34(35)64-65(51,52)53)25-58-67(43(3,4)5,29-17-13-11-14-18-29)30-19-15-12-16-20-30/h11-20,31,33-39,41-42H,21-26H2,1-10H3,(H,51,52,53)/t31-,33-,34-,35-,36+,37+,38+,39-,41-,42+/m1/s1. The predicted molar refractivity (Wildman–Crippen MR) is 243 cm³/mol. The molecule has 4 rings (SSSR count). The number of hydrogen-bond donors (Lipinski definition) is 1. The van der Waals surface area contributed by atoms with Crippen molar-refractivity contribution in [3.05, 3.63) is 71.1 Å². The van der Waals surface area contributed by atoms with Crippen molar-refractivity contribution in [3.63, 3.8) is 0 Å². The fourth-order valence-electron chi connectivity index (χ4n) is 7.85. The fraction of sp³-hybridized carbons (Fsp3) is 0.628. The average molecular weight is 998 g/mol. The molecule has 0 amide bonds. The molecule has 2 aliphatic heterocycles. The lowest BCUT2D eigenvalue weighted by atomic mass is 9.95. The number of Topliss-reactive ketones (excluding diaryl/α,β-unsaturated/α-hetero) is 1. The van der Waals surface area contributed by atoms with Gasteiger partial charge in [0.15, 0.2) is 24.8 Å². The maximum Gasteiger partial charge on any atom is 0.397 e. The number of methoxy groups -OCH3 is 2. The van der Waals surface area contributed by atoms with Crippen molar-refractivity contribution in [1.82, 2.24) is 0 Å². The van der Waals surface area contributed by atoms with Crippen LogP contribution in [0.2, 0.25) is 30.7 Å². The van der Waals surface area contributed by atoms with Gasteiger partial charge in [-0.2, -0.15) is 8.42 Å². The third-order valence-electron chi connectivity index (χ3n) is 11.0. The summed E-state index contributed by atoms with van der Waals surface area (Å²) in [6, 6.07) is 17.5. The van der Waals surface area contributed by atoms with Gasteiger partial charge in [0, 0.05) is 40.0 Å². The van der Waals surface area contributed by atoms with Crippen LogP contribution in [0.15, 0.2) is 65.8 Å². The van der Waals surface area contributed by atoms with Crippen LogP contribution in [0.3, 0.4) is 0 Å². The second-order valence-electron chi connectivity index (χ2n) is 18.2. The van der Waals surface area contributed by atoms with Gasteiger partial charge in [-0.05, 0) is 33.9 Å². The van der Waals surface area contributed by atoms with Crippen LogP contribution < -0.4 is 10.4 Å². The molecule has 0 aromatic heterocycles. The molecule has 2 aromatic rings. The number of carbonyl (C=O) groups is 4. The monoisotopic (exact) mass is 997 g/mol. The number of carbonyl (C=O) groups excluding carboxylic acids is 4. The van der Waals surface area contributed by atoms with E-state index in [2.05, 4.69) is 29.7 Å². The van der Waals surface area contributed by atoms with Crippen molar-refractivity contribution in [2.24, 2.45) is 5.11 Å². The van der Waals surface area contributed by atoms with Crippen molar-refractivity contribution in [1.29, 1.82) is 0 Å². The van der Waals surface area contributed by atoms with Crippen LogP contribution in [0.1, 0.15) is 47.5 Å². The van der Waals surface area contributed by atoms with E-state index in [0.29, 0.717) is 6.61 Å². The summed E-state index contributed by atoms with van der Waals surface area (Å²) < 4.78 is 101. The van der Waals surface area contributed by atoms with E-state index in [1.807, 2.05) is 81.4 Å². The molecule has 2 aromatic carbocycles. The van der Waals surface area contributed by atoms with Crippen LogP contribution in [0.25, 0.3) is 10.4 Å². The fourth-order valence-corrected chi connectivity index (χ4v) is 13.7. The Hall–Kier alpha value is -4.15. The number of azide groups is 1. The molecule has 21 nitrogen and oxygen atoms in total. The minimum absolute atomic E-state index is 0.282. The molecule has 2 aliphatic rings. The number of ketones is 1. The Balaban J connectivity index is 1.94. The number of ether oxygens (including phenoxy) is 9. The maximum atomic E-state index is 13.6. The normalized spacial score (nSPS) is 25.9. The molecule has 0 radical (unpaired) electrons. The molecular weight excluding hydrogens is 935 g/mol. The molecule has 67 heavy (non-hydrogen) atoms. The lowest BCUT2D eigenvalue weighted by Gasteiger charge is -2.49. The topological polar surface area (TPSA) is 273 Å². The van der Waals surface area contributed by atoms with Gasteiger partial charge >= 0.3 is 28.3 Å². The van der Waals surface area contributed by atoms with Crippen LogP contribution in [-0.2, 0) is 80.8 Å². The summed E-state index contributed by atoms with van der Waals surface area (Å²) in [4.78, 5) is 54.6. The predicted octanol–water partition coefficient (Wildman–Crippen LogP) is 3.99. The Kier molecular flexibility index (Phi) is 20.2. The Labute approximate surface area is 393 Å². The van der Waals surface area contributed by atoms with E-state index >= 15 is 0 Å². The largest absolute Gasteiger partial charge is 0.467 e. The number of esters is 3. The summed E-state index contributed by atoms with van der Waals surface area (Å²) in [6.45, 7) is 14.1. The van der Waals surface area contributed by atoms with Gasteiger partial charge in [-0.1, -0.05) is 106 Å². The third kappa shape index (κ3) is 15.2. The summed E-state index contributed by atoms with van der Waals surface area (Å²) >= 11 is 0. The van der Waals surface area contributed by atoms with Crippen LogP contribution >= 0.6 is 0 Å². The molecule has 0 spiro atoms. The average Bonchev–Trinajstić information content (AvgIpc) is 3.25. The molecule has 0 aliphatic carbocycles. The van der Waals surface area contributed by atoms with E-state index in [-0.39, 0.29) is 12.2 Å². The highest BCUT2D eigenvalue weighted by Crippen LogP contribution is 2.40. The summed E-state index contributed by atoms with van der Waals surface area (Å²) in [5.41, 5.74) is 9.99. The molecule has 10 atom stereocenters. The highest BCUT2D eigenvalue weighted by atomic mass is 32.3. The van der Waals surface area contributed by atoms with Crippen molar-refractivity contribution in [3.8, 4) is 0 Å². The zero-order valence-corrected chi connectivity index (χ0v) is 42.2. The minimum Gasteiger partial charge on any atom is -0.467 e. The van der Waals surface area contributed by atoms with Gasteiger partial charge in [0.2, 0.25) is 0 Å². The highest BCUT2D eigenvalue weighted by molar-refractivity contribution is 7.80. The lowest BCUT2D eigenvalue weighted by molar-refractivity contribution is -0.346. The van der Waals surface area contributed by atoms with Crippen LogP contribution in [0, 0.1) is 0 Å². The SMILES string of the molecule is COC(=O)[C@H]1O[C@H](OC)[C@H](OC(C)=O)[C@@H](OCOCC[Si](C)(C)C)[C@@H]1O[C@H]1O[C@H](CO[Si](c2ccccc2)(c2ccccc2)C(C)(C)C)[C@@H](OS(=O)(=O)O)[C@H](OC(=O)CCC(C)=O)[C@H]1N=[N+]=[N-]. The Bertz CT molecular complexity index is 2080. The summed E-state index contributed by atoms with van der Waals surface area (Å²) in [5.74, 6) is -3.26. The van der Waals surface area contributed by atoms with Crippen LogP contribution in [0.4, 0.5) is 0 Å². The summed E-state index contributed by atoms with van der Waals surface area (Å²) in [6.07, 6.45) is -16.2. The first-order valence-electron chi connectivity index (χ1n) is 21.5. The van der Waals surface area contributed by atoms with Crippen molar-refractivity contribution < 1.29 is 83.4 Å². The molecule has 0 saturated carbocycles. The lowest BCUT2D eigenvalue weighted by Crippen LogP contribution is -2.69. The number of hydrogen-bond acceptors (Lipinski definition) is 18. The smallest absolute Gasteiger partial charge is 0.397 e. The molecule has 2 fully saturated rings. The quantitative estimate of drug-likeness (QED) is 0.0190. The first kappa shape index (κ1) is 55.5. The van der Waals surface area contributed by atoms with Gasteiger partial charge in [-0.15, -0.1) is 0 Å². The van der Waals surface area contributed by atoms with E-state index in [4.69, 9.17) is 51.2 Å². The van der Waals surface area contributed by atoms with E-state index < -0.39 is 131 Å². The van der Waals surface area contributed by atoms with Crippen LogP contribution in [-0.4, -0.2) is 149 Å². The van der Waals surface area contributed by atoms with Crippen molar-refractivity contribution in [2.45, 2.75) is 140 Å². The number of rotatable bonds is 23. The van der Waals surface area contributed by atoms with E-state index in [1.54, 1.807) is 0 Å². The van der Waals surface area contributed by atoms with Gasteiger partial charge in [-0.25, -0.2) is 8.98 Å². The van der Waals surface area contributed by atoms with Gasteiger partial charge < -0.3 is 51.9 Å². The van der Waals surface area contributed by atoms with E-state index in [0.717, 1.165) is 30.5 Å². The highest BCUT2D eigenvalue weighted by Gasteiger charge is 2.58. The van der Waals surface area contributed by atoms with Crippen molar-refractivity contribution in [2.75, 3.05) is 34.2 Å². The summed E-state index contributed by atoms with van der Waals surface area (Å²) in [7, 11) is -8.19. The summed E-state index contributed by atoms with van der Waals surface area (Å²) in [5, 5.41) is 4.77. The Morgan fingerprint density at radius 3 is 1.94 bits per heavy atom. The molecule has 2 heterocycles. The number of nitrogens with zero attached hydrogens (tertiary/aromatic N) is 3. The third-order valence-corrected chi connectivity index (χ3v) is 18.1. The zero-order chi connectivity index (χ0) is 49.7. The number of benzene rings is 2. The van der Waals surface area contributed by atoms with Gasteiger partial charge in [0.1, 0.15) is 49.1 Å². The van der Waals surface area contributed by atoms with E-state index in [9.17, 15) is 37.7 Å².